The molecule has 1 heterocycles. The summed E-state index contributed by atoms with van der Waals surface area (Å²) in [4.78, 5) is 20.9. The molecule has 0 aliphatic carbocycles. The van der Waals surface area contributed by atoms with Crippen LogP contribution in [0.25, 0.3) is 10.4 Å². The van der Waals surface area contributed by atoms with Crippen molar-refractivity contribution in [2.24, 2.45) is 15.8 Å². The third-order valence-corrected chi connectivity index (χ3v) is 6.90. The van der Waals surface area contributed by atoms with Crippen LogP contribution in [0.15, 0.2) is 87.4 Å². The van der Waals surface area contributed by atoms with Gasteiger partial charge < -0.3 is 20.3 Å². The van der Waals surface area contributed by atoms with E-state index < -0.39 is 17.6 Å². The predicted octanol–water partition coefficient (Wildman–Crippen LogP) is 5.01. The highest BCUT2D eigenvalue weighted by Gasteiger charge is 2.53. The van der Waals surface area contributed by atoms with Gasteiger partial charge in [0.05, 0.1) is 13.2 Å². The standard InChI is InChI=1S/C27H26BrN5O4/c28-23-9-4-2-6-19(23)16-27(26(29)35)24(22-8-3-1-7-20(22)17-31-33-30)37-25(32-27)18-10-12-21(13-11-18)36-15-5-14-34/h1-4,6-13,24,34H,5,14-17H2,(H2,29,35)/t24-,27-/m1/s1. The summed E-state index contributed by atoms with van der Waals surface area (Å²) in [6.45, 7) is 0.539. The Labute approximate surface area is 222 Å². The Hall–Kier alpha value is -3.85. The number of nitrogens with zero attached hydrogens (tertiary/aromatic N) is 4. The third-order valence-electron chi connectivity index (χ3n) is 6.12. The smallest absolute Gasteiger partial charge is 0.250 e. The first kappa shape index (κ1) is 26.2. The van der Waals surface area contributed by atoms with Crippen LogP contribution in [0.2, 0.25) is 0 Å². The molecule has 10 heteroatoms. The summed E-state index contributed by atoms with van der Waals surface area (Å²) in [5.41, 5.74) is 16.4. The van der Waals surface area contributed by atoms with Crippen LogP contribution in [0.5, 0.6) is 5.75 Å². The van der Waals surface area contributed by atoms with Gasteiger partial charge >= 0.3 is 0 Å². The second-order valence-corrected chi connectivity index (χ2v) is 9.36. The van der Waals surface area contributed by atoms with E-state index >= 15 is 0 Å². The lowest BCUT2D eigenvalue weighted by molar-refractivity contribution is -0.125. The van der Waals surface area contributed by atoms with Gasteiger partial charge in [-0.3, -0.25) is 4.79 Å². The minimum atomic E-state index is -1.46. The number of rotatable bonds is 11. The van der Waals surface area contributed by atoms with Gasteiger partial charge in [-0.2, -0.15) is 0 Å². The summed E-state index contributed by atoms with van der Waals surface area (Å²) >= 11 is 3.57. The van der Waals surface area contributed by atoms with E-state index in [0.717, 1.165) is 10.0 Å². The fourth-order valence-electron chi connectivity index (χ4n) is 4.25. The summed E-state index contributed by atoms with van der Waals surface area (Å²) in [6.07, 6.45) is -0.126. The number of ether oxygens (including phenoxy) is 2. The van der Waals surface area contributed by atoms with Crippen LogP contribution in [0.1, 0.15) is 34.8 Å². The Morgan fingerprint density at radius 2 is 1.84 bits per heavy atom. The van der Waals surface area contributed by atoms with Crippen LogP contribution >= 0.6 is 15.9 Å². The molecule has 0 aromatic heterocycles. The molecule has 3 N–H and O–H groups in total. The molecule has 1 aliphatic rings. The van der Waals surface area contributed by atoms with E-state index in [0.29, 0.717) is 35.5 Å². The highest BCUT2D eigenvalue weighted by atomic mass is 79.9. The molecule has 1 aliphatic heterocycles. The summed E-state index contributed by atoms with van der Waals surface area (Å²) in [6, 6.07) is 22.1. The molecule has 0 fully saturated rings. The van der Waals surface area contributed by atoms with Gasteiger partial charge in [0.15, 0.2) is 11.6 Å². The van der Waals surface area contributed by atoms with Gasteiger partial charge in [0, 0.05) is 34.4 Å². The number of carbonyl (C=O) groups is 1. The first-order valence-corrected chi connectivity index (χ1v) is 12.5. The molecular formula is C27H26BrN5O4. The lowest BCUT2D eigenvalue weighted by Crippen LogP contribution is -2.47. The second kappa shape index (κ2) is 11.9. The van der Waals surface area contributed by atoms with Crippen molar-refractivity contribution in [3.8, 4) is 5.75 Å². The van der Waals surface area contributed by atoms with Gasteiger partial charge in [0.1, 0.15) is 5.75 Å². The highest BCUT2D eigenvalue weighted by molar-refractivity contribution is 9.10. The Bertz CT molecular complexity index is 1340. The van der Waals surface area contributed by atoms with E-state index in [1.165, 1.54) is 0 Å². The zero-order valence-electron chi connectivity index (χ0n) is 20.0. The number of aliphatic imine (C=N–C) groups is 1. The van der Waals surface area contributed by atoms with Gasteiger partial charge in [-0.05, 0) is 52.6 Å². The number of carbonyl (C=O) groups excluding carboxylic acids is 1. The van der Waals surface area contributed by atoms with Crippen molar-refractivity contribution in [2.75, 3.05) is 13.2 Å². The van der Waals surface area contributed by atoms with E-state index in [2.05, 4.69) is 26.0 Å². The molecule has 0 saturated heterocycles. The zero-order valence-corrected chi connectivity index (χ0v) is 21.5. The molecule has 4 rings (SSSR count). The van der Waals surface area contributed by atoms with E-state index in [1.54, 1.807) is 24.3 Å². The maximum Gasteiger partial charge on any atom is 0.250 e. The molecule has 0 saturated carbocycles. The normalized spacial score (nSPS) is 18.4. The molecule has 0 spiro atoms. The number of amides is 1. The van der Waals surface area contributed by atoms with Crippen molar-refractivity contribution in [1.29, 1.82) is 0 Å². The number of benzene rings is 3. The zero-order chi connectivity index (χ0) is 26.3. The van der Waals surface area contributed by atoms with Gasteiger partial charge in [0.25, 0.3) is 0 Å². The minimum Gasteiger partial charge on any atom is -0.494 e. The number of halogens is 1. The van der Waals surface area contributed by atoms with E-state index in [9.17, 15) is 4.79 Å². The largest absolute Gasteiger partial charge is 0.494 e. The molecule has 37 heavy (non-hydrogen) atoms. The number of azide groups is 1. The van der Waals surface area contributed by atoms with Crippen molar-refractivity contribution < 1.29 is 19.4 Å². The average molecular weight is 564 g/mol. The second-order valence-electron chi connectivity index (χ2n) is 8.51. The van der Waals surface area contributed by atoms with Crippen LogP contribution in [-0.4, -0.2) is 35.7 Å². The lowest BCUT2D eigenvalue weighted by Gasteiger charge is -2.30. The SMILES string of the molecule is [N-]=[N+]=NCc1ccccc1[C@H]1OC(c2ccc(OCCCO)cc2)=N[C@@]1(Cc1ccccc1Br)C(N)=O. The topological polar surface area (TPSA) is 143 Å². The summed E-state index contributed by atoms with van der Waals surface area (Å²) in [5, 5.41) is 12.7. The summed E-state index contributed by atoms with van der Waals surface area (Å²) in [7, 11) is 0. The Balaban J connectivity index is 1.78. The fourth-order valence-corrected chi connectivity index (χ4v) is 4.68. The number of hydrogen-bond donors (Lipinski definition) is 2. The molecule has 0 unspecified atom stereocenters. The van der Waals surface area contributed by atoms with Crippen molar-refractivity contribution in [3.63, 3.8) is 0 Å². The van der Waals surface area contributed by atoms with Crippen LogP contribution in [0.3, 0.4) is 0 Å². The number of nitrogens with two attached hydrogens (primary N) is 1. The first-order chi connectivity index (χ1) is 18.0. The quantitative estimate of drug-likeness (QED) is 0.146. The molecule has 0 radical (unpaired) electrons. The van der Waals surface area contributed by atoms with Gasteiger partial charge in [-0.1, -0.05) is 63.5 Å². The summed E-state index contributed by atoms with van der Waals surface area (Å²) in [5.74, 6) is 0.281. The maximum atomic E-state index is 13.2. The molecule has 190 valence electrons. The van der Waals surface area contributed by atoms with Crippen LogP contribution < -0.4 is 10.5 Å². The monoisotopic (exact) mass is 563 g/mol. The number of aliphatic hydroxyl groups excluding tert-OH is 1. The van der Waals surface area contributed by atoms with Crippen molar-refractivity contribution in [1.82, 2.24) is 0 Å². The van der Waals surface area contributed by atoms with Crippen molar-refractivity contribution in [2.45, 2.75) is 31.0 Å². The molecule has 3 aromatic rings. The van der Waals surface area contributed by atoms with Crippen LogP contribution in [0, 0.1) is 0 Å². The Morgan fingerprint density at radius 1 is 1.14 bits per heavy atom. The van der Waals surface area contributed by atoms with Gasteiger partial charge in [-0.25, -0.2) is 4.99 Å². The van der Waals surface area contributed by atoms with E-state index in [4.69, 9.17) is 30.8 Å². The third kappa shape index (κ3) is 5.77. The molecule has 0 bridgehead atoms. The lowest BCUT2D eigenvalue weighted by atomic mass is 9.81. The maximum absolute atomic E-state index is 13.2. The van der Waals surface area contributed by atoms with Gasteiger partial charge in [0.2, 0.25) is 11.8 Å². The fraction of sp³-hybridized carbons (Fsp3) is 0.259. The Kier molecular flexibility index (Phi) is 8.45. The number of primary amides is 1. The number of hydrogen-bond acceptors (Lipinski definition) is 6. The number of aliphatic hydroxyl groups is 1. The van der Waals surface area contributed by atoms with Crippen molar-refractivity contribution >= 4 is 27.7 Å². The molecule has 1 amide bonds. The molecular weight excluding hydrogens is 538 g/mol. The van der Waals surface area contributed by atoms with Gasteiger partial charge in [-0.15, -0.1) is 0 Å². The van der Waals surface area contributed by atoms with E-state index in [-0.39, 0.29) is 25.5 Å². The first-order valence-electron chi connectivity index (χ1n) is 11.7. The van der Waals surface area contributed by atoms with Crippen molar-refractivity contribution in [3.05, 3.63) is 110 Å². The average Bonchev–Trinajstić information content (AvgIpc) is 3.30. The van der Waals surface area contributed by atoms with E-state index in [1.807, 2.05) is 48.5 Å². The molecule has 9 nitrogen and oxygen atoms in total. The van der Waals surface area contributed by atoms with Crippen LogP contribution in [-0.2, 0) is 22.5 Å². The predicted molar refractivity (Wildman–Crippen MR) is 143 cm³/mol. The highest BCUT2D eigenvalue weighted by Crippen LogP contribution is 2.44. The summed E-state index contributed by atoms with van der Waals surface area (Å²) < 4.78 is 12.9. The minimum absolute atomic E-state index is 0.0536. The molecule has 2 atom stereocenters. The Morgan fingerprint density at radius 3 is 2.51 bits per heavy atom. The van der Waals surface area contributed by atoms with Crippen LogP contribution in [0.4, 0.5) is 0 Å². The molecule has 3 aromatic carbocycles.